The molecular weight excluding hydrogens is 414 g/mol. The van der Waals surface area contributed by atoms with Crippen molar-refractivity contribution in [3.05, 3.63) is 120 Å². The van der Waals surface area contributed by atoms with Crippen molar-refractivity contribution in [3.8, 4) is 11.4 Å². The van der Waals surface area contributed by atoms with Crippen molar-refractivity contribution in [2.24, 2.45) is 5.10 Å². The molecule has 0 aliphatic rings. The number of carbonyl (C=O) groups excluding carboxylic acids is 2. The predicted molar refractivity (Wildman–Crippen MR) is 128 cm³/mol. The molecule has 0 saturated carbocycles. The number of amides is 1. The summed E-state index contributed by atoms with van der Waals surface area (Å²) in [6.07, 6.45) is 3.75. The minimum absolute atomic E-state index is 0.340. The number of nitrogens with one attached hydrogen (secondary N) is 1. The van der Waals surface area contributed by atoms with Crippen LogP contribution in [-0.4, -0.2) is 22.2 Å². The second-order valence-corrected chi connectivity index (χ2v) is 7.50. The van der Waals surface area contributed by atoms with Gasteiger partial charge in [0, 0.05) is 18.0 Å². The third-order valence-corrected chi connectivity index (χ3v) is 5.12. The SMILES string of the molecule is C/C(=N\NC(=O)c1ccccc1-n1cccc1)c1ccccc1OC(=O)c1ccc(C)cc1. The van der Waals surface area contributed by atoms with Gasteiger partial charge in [-0.2, -0.15) is 5.10 Å². The largest absolute Gasteiger partial charge is 0.422 e. The number of hydrogen-bond acceptors (Lipinski definition) is 4. The highest BCUT2D eigenvalue weighted by molar-refractivity contribution is 6.04. The Bertz CT molecular complexity index is 1310. The average Bonchev–Trinajstić information content (AvgIpc) is 3.38. The molecular formula is C27H23N3O3. The van der Waals surface area contributed by atoms with E-state index in [1.54, 1.807) is 49.4 Å². The summed E-state index contributed by atoms with van der Waals surface area (Å²) in [4.78, 5) is 25.4. The lowest BCUT2D eigenvalue weighted by Crippen LogP contribution is -2.21. The lowest BCUT2D eigenvalue weighted by molar-refractivity contribution is 0.0734. The molecule has 0 atom stereocenters. The lowest BCUT2D eigenvalue weighted by atomic mass is 10.1. The number of aryl methyl sites for hydroxylation is 1. The molecule has 0 unspecified atom stereocenters. The van der Waals surface area contributed by atoms with Crippen molar-refractivity contribution < 1.29 is 14.3 Å². The minimum Gasteiger partial charge on any atom is -0.422 e. The summed E-state index contributed by atoms with van der Waals surface area (Å²) in [5.41, 5.74) is 6.49. The van der Waals surface area contributed by atoms with Crippen molar-refractivity contribution in [2.75, 3.05) is 0 Å². The van der Waals surface area contributed by atoms with E-state index < -0.39 is 5.97 Å². The van der Waals surface area contributed by atoms with Crippen LogP contribution >= 0.6 is 0 Å². The molecule has 4 aromatic rings. The topological polar surface area (TPSA) is 72.7 Å². The Labute approximate surface area is 192 Å². The standard InChI is InChI=1S/C27H23N3O3/c1-19-13-15-21(16-14-19)27(32)33-25-12-6-4-9-22(25)20(2)28-29-26(31)23-10-3-5-11-24(23)30-17-7-8-18-30/h3-18H,1-2H3,(H,29,31)/b28-20+. The van der Waals surface area contributed by atoms with E-state index in [1.807, 2.05) is 66.3 Å². The van der Waals surface area contributed by atoms with E-state index in [0.717, 1.165) is 11.3 Å². The maximum absolute atomic E-state index is 12.9. The van der Waals surface area contributed by atoms with Crippen molar-refractivity contribution in [1.29, 1.82) is 0 Å². The normalized spacial score (nSPS) is 11.2. The molecule has 0 saturated heterocycles. The van der Waals surface area contributed by atoms with E-state index >= 15 is 0 Å². The maximum Gasteiger partial charge on any atom is 0.343 e. The van der Waals surface area contributed by atoms with Crippen LogP contribution in [0, 0.1) is 6.92 Å². The van der Waals surface area contributed by atoms with Crippen LogP contribution in [0.3, 0.4) is 0 Å². The zero-order valence-electron chi connectivity index (χ0n) is 18.4. The molecule has 0 aliphatic heterocycles. The van der Waals surface area contributed by atoms with E-state index in [9.17, 15) is 9.59 Å². The predicted octanol–water partition coefficient (Wildman–Crippen LogP) is 5.16. The molecule has 3 aromatic carbocycles. The fraction of sp³-hybridized carbons (Fsp3) is 0.0741. The Morgan fingerprint density at radius 3 is 2.18 bits per heavy atom. The van der Waals surface area contributed by atoms with Gasteiger partial charge >= 0.3 is 5.97 Å². The van der Waals surface area contributed by atoms with E-state index in [2.05, 4.69) is 10.5 Å². The average molecular weight is 437 g/mol. The van der Waals surface area contributed by atoms with Gasteiger partial charge < -0.3 is 9.30 Å². The number of nitrogens with zero attached hydrogens (tertiary/aromatic N) is 2. The fourth-order valence-corrected chi connectivity index (χ4v) is 3.34. The zero-order chi connectivity index (χ0) is 23.2. The number of esters is 1. The number of carbonyl (C=O) groups is 2. The van der Waals surface area contributed by atoms with Crippen LogP contribution in [0.1, 0.15) is 38.8 Å². The molecule has 0 radical (unpaired) electrons. The van der Waals surface area contributed by atoms with E-state index in [4.69, 9.17) is 4.74 Å². The molecule has 1 aromatic heterocycles. The van der Waals surface area contributed by atoms with Crippen LogP contribution in [-0.2, 0) is 0 Å². The van der Waals surface area contributed by atoms with E-state index in [-0.39, 0.29) is 5.91 Å². The highest BCUT2D eigenvalue weighted by Gasteiger charge is 2.15. The van der Waals surface area contributed by atoms with Gasteiger partial charge in [0.2, 0.25) is 0 Å². The van der Waals surface area contributed by atoms with Crippen molar-refractivity contribution in [1.82, 2.24) is 9.99 Å². The summed E-state index contributed by atoms with van der Waals surface area (Å²) in [6.45, 7) is 3.70. The Morgan fingerprint density at radius 1 is 0.818 bits per heavy atom. The van der Waals surface area contributed by atoms with Gasteiger partial charge in [-0.15, -0.1) is 0 Å². The molecule has 1 amide bonds. The van der Waals surface area contributed by atoms with Crippen LogP contribution in [0.25, 0.3) is 5.69 Å². The summed E-state index contributed by atoms with van der Waals surface area (Å²) in [6, 6.07) is 25.3. The summed E-state index contributed by atoms with van der Waals surface area (Å²) in [5, 5.41) is 4.26. The molecule has 33 heavy (non-hydrogen) atoms. The van der Waals surface area contributed by atoms with Crippen LogP contribution < -0.4 is 10.2 Å². The summed E-state index contributed by atoms with van der Waals surface area (Å²) in [5.74, 6) is -0.431. The van der Waals surface area contributed by atoms with Gasteiger partial charge in [0.05, 0.1) is 22.5 Å². The Balaban J connectivity index is 1.53. The number of para-hydroxylation sites is 2. The van der Waals surface area contributed by atoms with Gasteiger partial charge in [0.15, 0.2) is 0 Å². The van der Waals surface area contributed by atoms with Crippen molar-refractivity contribution in [2.45, 2.75) is 13.8 Å². The smallest absolute Gasteiger partial charge is 0.343 e. The minimum atomic E-state index is -0.458. The van der Waals surface area contributed by atoms with Crippen molar-refractivity contribution in [3.63, 3.8) is 0 Å². The van der Waals surface area contributed by atoms with Crippen LogP contribution in [0.4, 0.5) is 0 Å². The van der Waals surface area contributed by atoms with Gasteiger partial charge in [-0.05, 0) is 62.4 Å². The number of rotatable bonds is 6. The van der Waals surface area contributed by atoms with Crippen molar-refractivity contribution >= 4 is 17.6 Å². The quantitative estimate of drug-likeness (QED) is 0.196. The molecule has 4 rings (SSSR count). The van der Waals surface area contributed by atoms with Gasteiger partial charge in [-0.25, -0.2) is 10.2 Å². The Hall–Kier alpha value is -4.45. The first-order chi connectivity index (χ1) is 16.0. The third-order valence-electron chi connectivity index (χ3n) is 5.12. The second kappa shape index (κ2) is 9.78. The maximum atomic E-state index is 12.9. The van der Waals surface area contributed by atoms with E-state index in [0.29, 0.717) is 28.2 Å². The Morgan fingerprint density at radius 2 is 1.45 bits per heavy atom. The van der Waals surface area contributed by atoms with Crippen LogP contribution in [0.5, 0.6) is 5.75 Å². The molecule has 6 heteroatoms. The molecule has 164 valence electrons. The molecule has 1 N–H and O–H groups in total. The second-order valence-electron chi connectivity index (χ2n) is 7.50. The monoisotopic (exact) mass is 437 g/mol. The number of hydrazone groups is 1. The number of ether oxygens (including phenoxy) is 1. The first-order valence-corrected chi connectivity index (χ1v) is 10.5. The molecule has 6 nitrogen and oxygen atoms in total. The zero-order valence-corrected chi connectivity index (χ0v) is 18.4. The summed E-state index contributed by atoms with van der Waals surface area (Å²) >= 11 is 0. The molecule has 1 heterocycles. The number of hydrogen-bond donors (Lipinski definition) is 1. The highest BCUT2D eigenvalue weighted by atomic mass is 16.5. The van der Waals surface area contributed by atoms with Gasteiger partial charge in [-0.1, -0.05) is 42.0 Å². The van der Waals surface area contributed by atoms with Gasteiger partial charge in [0.1, 0.15) is 5.75 Å². The fourth-order valence-electron chi connectivity index (χ4n) is 3.34. The van der Waals surface area contributed by atoms with Crippen LogP contribution in [0.15, 0.2) is 102 Å². The first-order valence-electron chi connectivity index (χ1n) is 10.5. The third kappa shape index (κ3) is 5.07. The molecule has 0 fully saturated rings. The van der Waals surface area contributed by atoms with Gasteiger partial charge in [0.25, 0.3) is 5.91 Å². The lowest BCUT2D eigenvalue weighted by Gasteiger charge is -2.11. The molecule has 0 aliphatic carbocycles. The highest BCUT2D eigenvalue weighted by Crippen LogP contribution is 2.21. The molecule has 0 bridgehead atoms. The summed E-state index contributed by atoms with van der Waals surface area (Å²) < 4.78 is 7.48. The summed E-state index contributed by atoms with van der Waals surface area (Å²) in [7, 11) is 0. The number of benzene rings is 3. The first kappa shape index (κ1) is 21.8. The number of aromatic nitrogens is 1. The van der Waals surface area contributed by atoms with E-state index in [1.165, 1.54) is 0 Å². The Kier molecular flexibility index (Phi) is 6.45. The molecule has 0 spiro atoms. The van der Waals surface area contributed by atoms with Gasteiger partial charge in [-0.3, -0.25) is 4.79 Å². The van der Waals surface area contributed by atoms with Crippen LogP contribution in [0.2, 0.25) is 0 Å².